The van der Waals surface area contributed by atoms with Crippen LogP contribution >= 0.6 is 0 Å². The summed E-state index contributed by atoms with van der Waals surface area (Å²) in [4.78, 5) is 4.10. The Morgan fingerprint density at radius 3 is 3.00 bits per heavy atom. The molecular weight excluding hydrogens is 254 g/mol. The van der Waals surface area contributed by atoms with Crippen molar-refractivity contribution in [3.63, 3.8) is 0 Å². The van der Waals surface area contributed by atoms with Gasteiger partial charge < -0.3 is 9.84 Å². The molecule has 0 saturated carbocycles. The van der Waals surface area contributed by atoms with Gasteiger partial charge in [-0.2, -0.15) is 0 Å². The summed E-state index contributed by atoms with van der Waals surface area (Å²) in [5, 5.41) is 10.1. The van der Waals surface area contributed by atoms with E-state index in [1.807, 2.05) is 0 Å². The molecule has 0 aliphatic carbocycles. The average molecular weight is 271 g/mol. The maximum Gasteiger partial charge on any atom is 0.150 e. The van der Waals surface area contributed by atoms with Gasteiger partial charge in [-0.3, -0.25) is 4.98 Å². The van der Waals surface area contributed by atoms with Crippen LogP contribution in [-0.4, -0.2) is 37.1 Å². The van der Waals surface area contributed by atoms with Crippen molar-refractivity contribution in [2.24, 2.45) is 5.92 Å². The van der Waals surface area contributed by atoms with E-state index in [1.165, 1.54) is 7.11 Å². The lowest BCUT2D eigenvalue weighted by Gasteiger charge is -2.16. The van der Waals surface area contributed by atoms with Crippen LogP contribution in [-0.2, 0) is 9.84 Å². The zero-order valence-electron chi connectivity index (χ0n) is 10.2. The monoisotopic (exact) mass is 271 g/mol. The molecule has 1 N–H and O–H groups in total. The number of rotatable bonds is 4. The molecule has 1 saturated heterocycles. The van der Waals surface area contributed by atoms with Crippen LogP contribution in [0.2, 0.25) is 0 Å². The summed E-state index contributed by atoms with van der Waals surface area (Å²) in [6, 6.07) is 3.46. The first kappa shape index (κ1) is 13.3. The van der Waals surface area contributed by atoms with Gasteiger partial charge >= 0.3 is 0 Å². The minimum atomic E-state index is -2.90. The third-order valence-electron chi connectivity index (χ3n) is 3.22. The highest BCUT2D eigenvalue weighted by Crippen LogP contribution is 2.31. The first-order valence-electron chi connectivity index (χ1n) is 5.89. The molecule has 2 heterocycles. The Kier molecular flexibility index (Phi) is 3.87. The van der Waals surface area contributed by atoms with Gasteiger partial charge in [0.25, 0.3) is 0 Å². The molecule has 2 rings (SSSR count). The smallest absolute Gasteiger partial charge is 0.150 e. The largest absolute Gasteiger partial charge is 0.495 e. The van der Waals surface area contributed by atoms with Gasteiger partial charge in [-0.15, -0.1) is 0 Å². The average Bonchev–Trinajstić information content (AvgIpc) is 2.68. The molecule has 5 nitrogen and oxygen atoms in total. The first-order valence-corrected chi connectivity index (χ1v) is 7.71. The van der Waals surface area contributed by atoms with E-state index in [0.29, 0.717) is 24.3 Å². The summed E-state index contributed by atoms with van der Waals surface area (Å²) in [5.41, 5.74) is 0.476. The number of aliphatic hydroxyl groups excluding tert-OH is 1. The van der Waals surface area contributed by atoms with E-state index in [1.54, 1.807) is 18.3 Å². The fourth-order valence-electron chi connectivity index (χ4n) is 2.31. The molecule has 0 aromatic carbocycles. The fourth-order valence-corrected chi connectivity index (χ4v) is 4.19. The molecular formula is C12H17NO4S. The van der Waals surface area contributed by atoms with E-state index >= 15 is 0 Å². The topological polar surface area (TPSA) is 76.5 Å². The second-order valence-electron chi connectivity index (χ2n) is 4.61. The van der Waals surface area contributed by atoms with Gasteiger partial charge in [0.1, 0.15) is 11.4 Å². The van der Waals surface area contributed by atoms with Crippen molar-refractivity contribution >= 4 is 9.84 Å². The zero-order valence-corrected chi connectivity index (χ0v) is 11.1. The minimum Gasteiger partial charge on any atom is -0.495 e. The number of methoxy groups -OCH3 is 1. The molecule has 6 heteroatoms. The molecule has 100 valence electrons. The van der Waals surface area contributed by atoms with Crippen LogP contribution in [0.4, 0.5) is 0 Å². The van der Waals surface area contributed by atoms with Crippen molar-refractivity contribution in [2.45, 2.75) is 18.9 Å². The molecule has 0 spiro atoms. The SMILES string of the molecule is COc1cccnc1C(O)CC1CCS(=O)(=O)C1. The maximum absolute atomic E-state index is 11.4. The fraction of sp³-hybridized carbons (Fsp3) is 0.583. The van der Waals surface area contributed by atoms with Crippen molar-refractivity contribution in [3.8, 4) is 5.75 Å². The highest BCUT2D eigenvalue weighted by Gasteiger charge is 2.30. The Morgan fingerprint density at radius 2 is 2.39 bits per heavy atom. The van der Waals surface area contributed by atoms with Gasteiger partial charge in [0.2, 0.25) is 0 Å². The first-order chi connectivity index (χ1) is 8.52. The Morgan fingerprint density at radius 1 is 1.61 bits per heavy atom. The third kappa shape index (κ3) is 3.00. The molecule has 1 fully saturated rings. The lowest BCUT2D eigenvalue weighted by Crippen LogP contribution is -2.11. The summed E-state index contributed by atoms with van der Waals surface area (Å²) >= 11 is 0. The molecule has 18 heavy (non-hydrogen) atoms. The summed E-state index contributed by atoms with van der Waals surface area (Å²) in [6.45, 7) is 0. The van der Waals surface area contributed by atoms with Crippen LogP contribution in [0.1, 0.15) is 24.6 Å². The van der Waals surface area contributed by atoms with Crippen LogP contribution in [0.15, 0.2) is 18.3 Å². The standard InChI is InChI=1S/C12H17NO4S/c1-17-11-3-2-5-13-12(11)10(14)7-9-4-6-18(15,16)8-9/h2-3,5,9-10,14H,4,6-8H2,1H3. The number of sulfone groups is 1. The summed E-state index contributed by atoms with van der Waals surface area (Å²) in [7, 11) is -1.38. The normalized spacial score (nSPS) is 23.8. The maximum atomic E-state index is 11.4. The Balaban J connectivity index is 2.06. The molecule has 2 atom stereocenters. The lowest BCUT2D eigenvalue weighted by atomic mass is 9.99. The molecule has 0 amide bonds. The summed E-state index contributed by atoms with van der Waals surface area (Å²) in [6.07, 6.45) is 1.84. The number of aromatic nitrogens is 1. The van der Waals surface area contributed by atoms with E-state index in [4.69, 9.17) is 4.74 Å². The molecule has 1 aromatic heterocycles. The van der Waals surface area contributed by atoms with Crippen LogP contribution < -0.4 is 4.74 Å². The summed E-state index contributed by atoms with van der Waals surface area (Å²) in [5.74, 6) is 0.936. The van der Waals surface area contributed by atoms with E-state index in [-0.39, 0.29) is 17.4 Å². The van der Waals surface area contributed by atoms with Crippen molar-refractivity contribution in [3.05, 3.63) is 24.0 Å². The van der Waals surface area contributed by atoms with Gasteiger partial charge in [-0.05, 0) is 30.9 Å². The number of pyridine rings is 1. The summed E-state index contributed by atoms with van der Waals surface area (Å²) < 4.78 is 27.9. The molecule has 0 bridgehead atoms. The highest BCUT2D eigenvalue weighted by atomic mass is 32.2. The predicted molar refractivity (Wildman–Crippen MR) is 67.1 cm³/mol. The second-order valence-corrected chi connectivity index (χ2v) is 6.84. The number of hydrogen-bond donors (Lipinski definition) is 1. The Labute approximate surface area is 107 Å². The molecule has 1 aliphatic heterocycles. The van der Waals surface area contributed by atoms with Gasteiger partial charge in [-0.25, -0.2) is 8.42 Å². The number of ether oxygens (including phenoxy) is 1. The van der Waals surface area contributed by atoms with Crippen molar-refractivity contribution in [1.29, 1.82) is 0 Å². The van der Waals surface area contributed by atoms with E-state index in [0.717, 1.165) is 0 Å². The molecule has 1 aromatic rings. The van der Waals surface area contributed by atoms with Crippen LogP contribution in [0.25, 0.3) is 0 Å². The van der Waals surface area contributed by atoms with Gasteiger partial charge in [0, 0.05) is 6.20 Å². The van der Waals surface area contributed by atoms with Crippen molar-refractivity contribution in [2.75, 3.05) is 18.6 Å². The van der Waals surface area contributed by atoms with Gasteiger partial charge in [-0.1, -0.05) is 0 Å². The number of hydrogen-bond acceptors (Lipinski definition) is 5. The van der Waals surface area contributed by atoms with Crippen LogP contribution in [0, 0.1) is 5.92 Å². The quantitative estimate of drug-likeness (QED) is 0.882. The van der Waals surface area contributed by atoms with Crippen LogP contribution in [0.5, 0.6) is 5.75 Å². The number of aliphatic hydroxyl groups is 1. The Bertz CT molecular complexity index is 515. The minimum absolute atomic E-state index is 0.0108. The zero-order chi connectivity index (χ0) is 13.2. The third-order valence-corrected chi connectivity index (χ3v) is 5.06. The van der Waals surface area contributed by atoms with E-state index < -0.39 is 15.9 Å². The van der Waals surface area contributed by atoms with Crippen molar-refractivity contribution in [1.82, 2.24) is 4.98 Å². The van der Waals surface area contributed by atoms with E-state index in [2.05, 4.69) is 4.98 Å². The van der Waals surface area contributed by atoms with E-state index in [9.17, 15) is 13.5 Å². The van der Waals surface area contributed by atoms with Gasteiger partial charge in [0.05, 0.1) is 24.7 Å². The second kappa shape index (κ2) is 5.24. The number of nitrogens with zero attached hydrogens (tertiary/aromatic N) is 1. The van der Waals surface area contributed by atoms with Crippen molar-refractivity contribution < 1.29 is 18.3 Å². The lowest BCUT2D eigenvalue weighted by molar-refractivity contribution is 0.140. The molecule has 1 aliphatic rings. The highest BCUT2D eigenvalue weighted by molar-refractivity contribution is 7.91. The Hall–Kier alpha value is -1.14. The predicted octanol–water partition coefficient (Wildman–Crippen LogP) is 0.948. The molecule has 2 unspecified atom stereocenters. The van der Waals surface area contributed by atoms with Crippen LogP contribution in [0.3, 0.4) is 0 Å². The van der Waals surface area contributed by atoms with Gasteiger partial charge in [0.15, 0.2) is 9.84 Å². The molecule has 0 radical (unpaired) electrons.